The maximum absolute atomic E-state index is 10.5. The predicted octanol–water partition coefficient (Wildman–Crippen LogP) is 9.11. The molecule has 0 heterocycles. The summed E-state index contributed by atoms with van der Waals surface area (Å²) in [6, 6.07) is 12.0. The lowest BCUT2D eigenvalue weighted by atomic mass is 9.91. The van der Waals surface area contributed by atoms with E-state index in [1.54, 1.807) is 0 Å². The molecule has 0 radical (unpaired) electrons. The van der Waals surface area contributed by atoms with Crippen LogP contribution in [0, 0.1) is 0 Å². The second kappa shape index (κ2) is 23.4. The normalized spacial score (nSPS) is 11.5. The fourth-order valence-corrected chi connectivity index (χ4v) is 3.49. The van der Waals surface area contributed by atoms with Gasteiger partial charge in [-0.05, 0) is 79.3 Å². The second-order valence-electron chi connectivity index (χ2n) is 6.35. The van der Waals surface area contributed by atoms with Gasteiger partial charge in [-0.25, -0.2) is 0 Å². The molecular formula is C30H50O2. The van der Waals surface area contributed by atoms with Crippen molar-refractivity contribution in [3.05, 3.63) is 69.8 Å². The summed E-state index contributed by atoms with van der Waals surface area (Å²) in [6.07, 6.45) is 10.3. The highest BCUT2D eigenvalue weighted by Gasteiger charge is 2.10. The molecule has 2 aromatic carbocycles. The van der Waals surface area contributed by atoms with Crippen molar-refractivity contribution in [1.82, 2.24) is 0 Å². The molecule has 0 atom stereocenters. The van der Waals surface area contributed by atoms with Crippen LogP contribution in [0.5, 0.6) is 0 Å². The number of carbonyl (C=O) groups excluding carboxylic acids is 2. The Bertz CT molecular complexity index is 717. The zero-order valence-corrected chi connectivity index (χ0v) is 21.4. The van der Waals surface area contributed by atoms with E-state index in [0.29, 0.717) is 0 Å². The number of aryl methyl sites for hydroxylation is 4. The summed E-state index contributed by atoms with van der Waals surface area (Å²) in [4.78, 5) is 20.9. The highest BCUT2D eigenvalue weighted by Crippen LogP contribution is 2.22. The Balaban J connectivity index is -0.000000393. The summed E-state index contributed by atoms with van der Waals surface area (Å²) in [5, 5.41) is 0. The monoisotopic (exact) mass is 442 g/mol. The maximum Gasteiger partial charge on any atom is 0.150 e. The fraction of sp³-hybridized carbons (Fsp3) is 0.533. The largest absolute Gasteiger partial charge is 0.298 e. The number of aldehydes is 2. The molecule has 0 spiro atoms. The third-order valence-electron chi connectivity index (χ3n) is 4.77. The summed E-state index contributed by atoms with van der Waals surface area (Å²) in [6.45, 7) is 16.0. The van der Waals surface area contributed by atoms with Crippen molar-refractivity contribution in [2.45, 2.75) is 108 Å². The summed E-state index contributed by atoms with van der Waals surface area (Å²) < 4.78 is 0. The van der Waals surface area contributed by atoms with Crippen LogP contribution in [0.3, 0.4) is 0 Å². The van der Waals surface area contributed by atoms with Crippen LogP contribution < -0.4 is 0 Å². The van der Waals surface area contributed by atoms with Crippen LogP contribution in [-0.2, 0) is 25.7 Å². The van der Waals surface area contributed by atoms with Crippen molar-refractivity contribution < 1.29 is 9.59 Å². The standard InChI is InChI=1S/C11H12O.C10H10O.4C2H6.CH4/c12-8-9-5-6-10-3-1-2-4-11(10)7-9;11-7-8-4-5-9-2-1-3-10(9)6-8;4*1-2;/h5-8H,1-4H2;4-7H,1-3H2;4*1-2H3;1H4. The average Bonchev–Trinajstić information content (AvgIpc) is 3.37. The van der Waals surface area contributed by atoms with E-state index >= 15 is 0 Å². The molecule has 0 aliphatic heterocycles. The lowest BCUT2D eigenvalue weighted by Crippen LogP contribution is -2.02. The van der Waals surface area contributed by atoms with E-state index in [1.807, 2.05) is 79.7 Å². The second-order valence-corrected chi connectivity index (χ2v) is 6.35. The molecule has 32 heavy (non-hydrogen) atoms. The number of fused-ring (bicyclic) bond motifs is 2. The van der Waals surface area contributed by atoms with Gasteiger partial charge in [-0.2, -0.15) is 0 Å². The fourth-order valence-electron chi connectivity index (χ4n) is 3.49. The van der Waals surface area contributed by atoms with Crippen LogP contribution in [0.1, 0.15) is 125 Å². The Morgan fingerprint density at radius 2 is 0.812 bits per heavy atom. The van der Waals surface area contributed by atoms with Crippen LogP contribution in [-0.4, -0.2) is 12.6 Å². The van der Waals surface area contributed by atoms with Crippen molar-refractivity contribution in [3.63, 3.8) is 0 Å². The highest BCUT2D eigenvalue weighted by molar-refractivity contribution is 5.75. The van der Waals surface area contributed by atoms with Crippen molar-refractivity contribution in [2.75, 3.05) is 0 Å². The Hall–Kier alpha value is -2.22. The molecule has 0 saturated heterocycles. The molecule has 0 bridgehead atoms. The summed E-state index contributed by atoms with van der Waals surface area (Å²) in [5.74, 6) is 0. The molecule has 0 saturated carbocycles. The van der Waals surface area contributed by atoms with E-state index in [2.05, 4.69) is 12.1 Å². The predicted molar refractivity (Wildman–Crippen MR) is 144 cm³/mol. The molecule has 0 N–H and O–H groups in total. The number of hydrogen-bond donors (Lipinski definition) is 0. The molecule has 2 aromatic rings. The molecule has 0 unspecified atom stereocenters. The van der Waals surface area contributed by atoms with Crippen LogP contribution in [0.4, 0.5) is 0 Å². The minimum atomic E-state index is 0. The number of rotatable bonds is 2. The first-order valence-corrected chi connectivity index (χ1v) is 12.4. The third-order valence-corrected chi connectivity index (χ3v) is 4.77. The van der Waals surface area contributed by atoms with Crippen LogP contribution in [0.2, 0.25) is 0 Å². The molecule has 182 valence electrons. The van der Waals surface area contributed by atoms with Gasteiger partial charge in [-0.15, -0.1) is 0 Å². The highest BCUT2D eigenvalue weighted by atomic mass is 16.1. The van der Waals surface area contributed by atoms with E-state index < -0.39 is 0 Å². The van der Waals surface area contributed by atoms with Crippen LogP contribution in [0.15, 0.2) is 36.4 Å². The lowest BCUT2D eigenvalue weighted by molar-refractivity contribution is 0.111. The molecule has 0 fully saturated rings. The molecule has 2 heteroatoms. The van der Waals surface area contributed by atoms with E-state index in [1.165, 1.54) is 54.4 Å². The Labute approximate surface area is 199 Å². The lowest BCUT2D eigenvalue weighted by Gasteiger charge is -2.15. The Morgan fingerprint density at radius 3 is 1.19 bits per heavy atom. The summed E-state index contributed by atoms with van der Waals surface area (Å²) in [7, 11) is 0. The van der Waals surface area contributed by atoms with Gasteiger partial charge in [-0.1, -0.05) is 87.1 Å². The van der Waals surface area contributed by atoms with E-state index in [-0.39, 0.29) is 7.43 Å². The maximum atomic E-state index is 10.5. The summed E-state index contributed by atoms with van der Waals surface area (Å²) in [5.41, 5.74) is 7.24. The zero-order valence-electron chi connectivity index (χ0n) is 21.4. The minimum absolute atomic E-state index is 0. The molecule has 0 amide bonds. The minimum Gasteiger partial charge on any atom is -0.298 e. The quantitative estimate of drug-likeness (QED) is 0.434. The number of carbonyl (C=O) groups is 2. The molecule has 4 rings (SSSR count). The third kappa shape index (κ3) is 12.0. The molecular weight excluding hydrogens is 392 g/mol. The van der Waals surface area contributed by atoms with Crippen LogP contribution in [0.25, 0.3) is 0 Å². The average molecular weight is 443 g/mol. The van der Waals surface area contributed by atoms with Gasteiger partial charge in [0.25, 0.3) is 0 Å². The zero-order chi connectivity index (χ0) is 24.1. The van der Waals surface area contributed by atoms with Crippen molar-refractivity contribution >= 4 is 12.6 Å². The van der Waals surface area contributed by atoms with Gasteiger partial charge in [0.05, 0.1) is 0 Å². The number of benzene rings is 2. The van der Waals surface area contributed by atoms with Gasteiger partial charge < -0.3 is 0 Å². The smallest absolute Gasteiger partial charge is 0.150 e. The van der Waals surface area contributed by atoms with Gasteiger partial charge in [-0.3, -0.25) is 9.59 Å². The van der Waals surface area contributed by atoms with Crippen molar-refractivity contribution in [2.24, 2.45) is 0 Å². The first-order valence-electron chi connectivity index (χ1n) is 12.4. The molecule has 0 aromatic heterocycles. The SMILES string of the molecule is C.CC.CC.CC.CC.O=Cc1ccc2c(c1)CCC2.O=Cc1ccc2c(c1)CCCC2. The Morgan fingerprint density at radius 1 is 0.500 bits per heavy atom. The van der Waals surface area contributed by atoms with Crippen LogP contribution >= 0.6 is 0 Å². The van der Waals surface area contributed by atoms with Crippen molar-refractivity contribution in [1.29, 1.82) is 0 Å². The molecule has 2 aliphatic rings. The molecule has 2 aliphatic carbocycles. The van der Waals surface area contributed by atoms with Crippen molar-refractivity contribution in [3.8, 4) is 0 Å². The van der Waals surface area contributed by atoms with E-state index in [4.69, 9.17) is 0 Å². The van der Waals surface area contributed by atoms with Gasteiger partial charge in [0.2, 0.25) is 0 Å². The van der Waals surface area contributed by atoms with Gasteiger partial charge in [0.15, 0.2) is 0 Å². The topological polar surface area (TPSA) is 34.1 Å². The van der Waals surface area contributed by atoms with E-state index in [0.717, 1.165) is 36.5 Å². The van der Waals surface area contributed by atoms with Gasteiger partial charge >= 0.3 is 0 Å². The van der Waals surface area contributed by atoms with Gasteiger partial charge in [0, 0.05) is 11.1 Å². The first kappa shape index (κ1) is 34.4. The summed E-state index contributed by atoms with van der Waals surface area (Å²) >= 11 is 0. The molecule has 2 nitrogen and oxygen atoms in total. The van der Waals surface area contributed by atoms with Gasteiger partial charge in [0.1, 0.15) is 12.6 Å². The number of hydrogen-bond acceptors (Lipinski definition) is 2. The van der Waals surface area contributed by atoms with E-state index in [9.17, 15) is 9.59 Å². The first-order chi connectivity index (χ1) is 15.3. The Kier molecular flexibility index (Phi) is 25.2.